The zero-order valence-corrected chi connectivity index (χ0v) is 22.6. The van der Waals surface area contributed by atoms with Crippen LogP contribution in [0.3, 0.4) is 0 Å². The van der Waals surface area contributed by atoms with Crippen molar-refractivity contribution in [1.29, 1.82) is 0 Å². The highest BCUT2D eigenvalue weighted by Crippen LogP contribution is 2.37. The van der Waals surface area contributed by atoms with Crippen LogP contribution in [-0.4, -0.2) is 37.5 Å². The molecule has 1 N–H and O–H groups in total. The van der Waals surface area contributed by atoms with E-state index < -0.39 is 0 Å². The lowest BCUT2D eigenvalue weighted by molar-refractivity contribution is -0.148. The Morgan fingerprint density at radius 3 is 2.66 bits per heavy atom. The van der Waals surface area contributed by atoms with Crippen molar-refractivity contribution in [2.75, 3.05) is 20.3 Å². The fraction of sp³-hybridized carbons (Fsp3) is 0.710. The molecule has 1 fully saturated rings. The summed E-state index contributed by atoms with van der Waals surface area (Å²) in [6.07, 6.45) is 17.6. The lowest BCUT2D eigenvalue weighted by Crippen LogP contribution is -2.29. The largest absolute Gasteiger partial charge is 0.465 e. The van der Waals surface area contributed by atoms with E-state index in [4.69, 9.17) is 9.47 Å². The van der Waals surface area contributed by atoms with Crippen molar-refractivity contribution in [1.82, 2.24) is 0 Å². The van der Waals surface area contributed by atoms with Crippen molar-refractivity contribution >= 4 is 5.97 Å². The molecule has 0 spiro atoms. The molecule has 1 aromatic carbocycles. The van der Waals surface area contributed by atoms with Crippen molar-refractivity contribution in [2.24, 2.45) is 17.3 Å². The van der Waals surface area contributed by atoms with Crippen LogP contribution in [-0.2, 0) is 20.7 Å². The van der Waals surface area contributed by atoms with E-state index in [1.54, 1.807) is 7.11 Å². The van der Waals surface area contributed by atoms with Crippen LogP contribution in [0.2, 0.25) is 0 Å². The van der Waals surface area contributed by atoms with Gasteiger partial charge in [-0.25, -0.2) is 0 Å². The highest BCUT2D eigenvalue weighted by atomic mass is 16.5. The van der Waals surface area contributed by atoms with Gasteiger partial charge in [0.25, 0.3) is 0 Å². The summed E-state index contributed by atoms with van der Waals surface area (Å²) >= 11 is 0. The molecular weight excluding hydrogens is 436 g/mol. The molecule has 0 saturated heterocycles. The van der Waals surface area contributed by atoms with Gasteiger partial charge in [-0.3, -0.25) is 4.79 Å². The summed E-state index contributed by atoms with van der Waals surface area (Å²) in [5, 5.41) is 10.5. The molecule has 198 valence electrons. The number of hydrogen-bond donors (Lipinski definition) is 1. The zero-order valence-electron chi connectivity index (χ0n) is 22.6. The minimum Gasteiger partial charge on any atom is -0.465 e. The molecule has 0 amide bonds. The molecule has 4 nitrogen and oxygen atoms in total. The summed E-state index contributed by atoms with van der Waals surface area (Å²) in [5.41, 5.74) is 1.22. The molecule has 0 aromatic heterocycles. The number of carbonyl (C=O) groups excluding carboxylic acids is 1. The molecule has 4 atom stereocenters. The van der Waals surface area contributed by atoms with Gasteiger partial charge in [0, 0.05) is 18.9 Å². The molecule has 1 aliphatic carbocycles. The van der Waals surface area contributed by atoms with E-state index in [0.717, 1.165) is 69.6 Å². The van der Waals surface area contributed by atoms with E-state index in [2.05, 4.69) is 50.3 Å². The van der Waals surface area contributed by atoms with E-state index >= 15 is 0 Å². The summed E-state index contributed by atoms with van der Waals surface area (Å²) < 4.78 is 10.8. The van der Waals surface area contributed by atoms with Crippen molar-refractivity contribution in [3.05, 3.63) is 48.0 Å². The number of hydrogen-bond acceptors (Lipinski definition) is 4. The van der Waals surface area contributed by atoms with E-state index in [1.165, 1.54) is 24.8 Å². The van der Waals surface area contributed by atoms with Crippen molar-refractivity contribution in [2.45, 2.75) is 103 Å². The van der Waals surface area contributed by atoms with Gasteiger partial charge in [0.2, 0.25) is 0 Å². The summed E-state index contributed by atoms with van der Waals surface area (Å²) in [5.74, 6) is 1.39. The molecule has 2 rings (SSSR count). The van der Waals surface area contributed by atoms with Crippen molar-refractivity contribution in [3.63, 3.8) is 0 Å². The van der Waals surface area contributed by atoms with Crippen LogP contribution in [0.15, 0.2) is 42.5 Å². The highest BCUT2D eigenvalue weighted by molar-refractivity contribution is 5.69. The molecule has 1 aromatic rings. The number of aliphatic hydroxyl groups is 1. The van der Waals surface area contributed by atoms with Gasteiger partial charge in [0.1, 0.15) is 0 Å². The first-order valence-corrected chi connectivity index (χ1v) is 14.0. The minimum absolute atomic E-state index is 0.0885. The van der Waals surface area contributed by atoms with Crippen LogP contribution in [0, 0.1) is 17.3 Å². The second-order valence-electron chi connectivity index (χ2n) is 11.0. The number of unbranched alkanes of at least 4 members (excludes halogenated alkanes) is 1. The summed E-state index contributed by atoms with van der Waals surface area (Å²) in [6.45, 7) is 5.32. The SMILES string of the molecule is CCCC(C)(COC)COC(=O)CCC/C=C\C[C@H]1CCCC1CC[C@@H](O)CCc1ccccc1. The van der Waals surface area contributed by atoms with Crippen LogP contribution in [0.5, 0.6) is 0 Å². The average Bonchev–Trinajstić information content (AvgIpc) is 3.30. The highest BCUT2D eigenvalue weighted by Gasteiger charge is 2.27. The smallest absolute Gasteiger partial charge is 0.305 e. The van der Waals surface area contributed by atoms with Gasteiger partial charge in [-0.2, -0.15) is 0 Å². The quantitative estimate of drug-likeness (QED) is 0.134. The Bertz CT molecular complexity index is 708. The lowest BCUT2D eigenvalue weighted by atomic mass is 9.87. The maximum Gasteiger partial charge on any atom is 0.305 e. The summed E-state index contributed by atoms with van der Waals surface area (Å²) in [6, 6.07) is 10.5. The topological polar surface area (TPSA) is 55.8 Å². The minimum atomic E-state index is -0.193. The van der Waals surface area contributed by atoms with Gasteiger partial charge in [0.15, 0.2) is 0 Å². The number of methoxy groups -OCH3 is 1. The van der Waals surface area contributed by atoms with Crippen molar-refractivity contribution < 1.29 is 19.4 Å². The lowest BCUT2D eigenvalue weighted by Gasteiger charge is -2.27. The van der Waals surface area contributed by atoms with Crippen LogP contribution >= 0.6 is 0 Å². The fourth-order valence-electron chi connectivity index (χ4n) is 5.55. The first-order chi connectivity index (χ1) is 17.0. The molecule has 0 heterocycles. The third-order valence-corrected chi connectivity index (χ3v) is 7.58. The Hall–Kier alpha value is -1.65. The molecule has 1 aliphatic rings. The third kappa shape index (κ3) is 12.2. The molecule has 4 heteroatoms. The van der Waals surface area contributed by atoms with Gasteiger partial charge >= 0.3 is 5.97 Å². The molecular formula is C31H50O4. The Labute approximate surface area is 214 Å². The van der Waals surface area contributed by atoms with Crippen molar-refractivity contribution in [3.8, 4) is 0 Å². The zero-order chi connectivity index (χ0) is 25.4. The molecule has 35 heavy (non-hydrogen) atoms. The first-order valence-electron chi connectivity index (χ1n) is 14.0. The molecule has 2 unspecified atom stereocenters. The Morgan fingerprint density at radius 1 is 1.14 bits per heavy atom. The number of aliphatic hydroxyl groups excluding tert-OH is 1. The second-order valence-corrected chi connectivity index (χ2v) is 11.0. The number of rotatable bonds is 18. The Morgan fingerprint density at radius 2 is 1.91 bits per heavy atom. The predicted octanol–water partition coefficient (Wildman–Crippen LogP) is 7.29. The van der Waals surface area contributed by atoms with Gasteiger partial charge in [-0.05, 0) is 75.2 Å². The van der Waals surface area contributed by atoms with Crippen LogP contribution < -0.4 is 0 Å². The predicted molar refractivity (Wildman–Crippen MR) is 144 cm³/mol. The van der Waals surface area contributed by atoms with E-state index in [1.807, 2.05) is 6.07 Å². The molecule has 0 aliphatic heterocycles. The Balaban J connectivity index is 1.57. The monoisotopic (exact) mass is 486 g/mol. The first kappa shape index (κ1) is 29.6. The molecule has 0 radical (unpaired) electrons. The average molecular weight is 487 g/mol. The van der Waals surface area contributed by atoms with Crippen LogP contribution in [0.25, 0.3) is 0 Å². The number of carbonyl (C=O) groups is 1. The van der Waals surface area contributed by atoms with Crippen LogP contribution in [0.1, 0.15) is 96.5 Å². The third-order valence-electron chi connectivity index (χ3n) is 7.58. The number of esters is 1. The van der Waals surface area contributed by atoms with Gasteiger partial charge in [-0.1, -0.05) is 75.6 Å². The number of allylic oxidation sites excluding steroid dienone is 2. The molecule has 0 bridgehead atoms. The fourth-order valence-corrected chi connectivity index (χ4v) is 5.55. The number of aryl methyl sites for hydroxylation is 1. The normalized spacial score (nSPS) is 20.7. The molecule has 1 saturated carbocycles. The number of benzene rings is 1. The summed E-state index contributed by atoms with van der Waals surface area (Å²) in [4.78, 5) is 12.1. The van der Waals surface area contributed by atoms with E-state index in [-0.39, 0.29) is 17.5 Å². The maximum atomic E-state index is 12.1. The van der Waals surface area contributed by atoms with Gasteiger partial charge in [0.05, 0.1) is 19.3 Å². The Kier molecular flexibility index (Phi) is 14.3. The van der Waals surface area contributed by atoms with E-state index in [0.29, 0.717) is 19.6 Å². The standard InChI is InChI=1S/C31H50O4/c1-4-23-31(2,24-34-3)25-35-30(33)18-11-6-5-10-15-27-16-12-17-28(27)20-22-29(32)21-19-26-13-8-7-9-14-26/h5,7-10,13-14,27-29,32H,4,6,11-12,15-25H2,1-3H3/b10-5-/t27-,28?,29-,31?/m0/s1. The van der Waals surface area contributed by atoms with Crippen LogP contribution in [0.4, 0.5) is 0 Å². The number of ether oxygens (including phenoxy) is 2. The van der Waals surface area contributed by atoms with E-state index in [9.17, 15) is 9.90 Å². The van der Waals surface area contributed by atoms with Gasteiger partial charge in [-0.15, -0.1) is 0 Å². The maximum absolute atomic E-state index is 12.1. The summed E-state index contributed by atoms with van der Waals surface area (Å²) in [7, 11) is 1.70. The second kappa shape index (κ2) is 16.9. The van der Waals surface area contributed by atoms with Gasteiger partial charge < -0.3 is 14.6 Å².